The van der Waals surface area contributed by atoms with Gasteiger partial charge >= 0.3 is 0 Å². The predicted molar refractivity (Wildman–Crippen MR) is 70.0 cm³/mol. The number of nitrogens with two attached hydrogens (primary N) is 1. The first-order chi connectivity index (χ1) is 7.86. The highest BCUT2D eigenvalue weighted by molar-refractivity contribution is 8.04. The second-order valence-corrected chi connectivity index (χ2v) is 4.08. The van der Waals surface area contributed by atoms with Crippen LogP contribution in [0.3, 0.4) is 0 Å². The number of thioether (sulfide) groups is 1. The van der Waals surface area contributed by atoms with Crippen LogP contribution in [0.25, 0.3) is 0 Å². The number of para-hydroxylation sites is 1. The Kier molecular flexibility index (Phi) is 3.53. The summed E-state index contributed by atoms with van der Waals surface area (Å²) in [6.45, 7) is 0. The predicted octanol–water partition coefficient (Wildman–Crippen LogP) is 3.37. The van der Waals surface area contributed by atoms with Crippen LogP contribution >= 0.6 is 11.8 Å². The summed E-state index contributed by atoms with van der Waals surface area (Å²) in [6.07, 6.45) is 0. The van der Waals surface area contributed by atoms with E-state index >= 15 is 0 Å². The van der Waals surface area contributed by atoms with Gasteiger partial charge in [0.1, 0.15) is 0 Å². The number of hydrogen-bond donors (Lipinski definition) is 1. The molecule has 0 heterocycles. The molecule has 78 valence electrons. The van der Waals surface area contributed by atoms with E-state index in [0.717, 1.165) is 16.1 Å². The molecule has 0 saturated carbocycles. The highest BCUT2D eigenvalue weighted by Crippen LogP contribution is 2.23. The quantitative estimate of drug-likeness (QED) is 0.457. The van der Waals surface area contributed by atoms with Crippen LogP contribution in [-0.4, -0.2) is 0 Å². The van der Waals surface area contributed by atoms with Crippen LogP contribution in [0.1, 0.15) is 5.56 Å². The van der Waals surface area contributed by atoms with Gasteiger partial charge in [-0.3, -0.25) is 0 Å². The summed E-state index contributed by atoms with van der Waals surface area (Å²) in [5, 5.41) is 3.05. The smallest absolute Gasteiger partial charge is 0.0462 e. The molecule has 0 amide bonds. The monoisotopic (exact) mass is 225 g/mol. The van der Waals surface area contributed by atoms with E-state index in [9.17, 15) is 0 Å². The van der Waals surface area contributed by atoms with Gasteiger partial charge < -0.3 is 5.73 Å². The first-order valence-corrected chi connectivity index (χ1v) is 5.75. The molecular weight excluding hydrogens is 214 g/mol. The average Bonchev–Trinajstić information content (AvgIpc) is 2.33. The van der Waals surface area contributed by atoms with E-state index in [1.807, 2.05) is 54.6 Å². The lowest BCUT2D eigenvalue weighted by molar-refractivity contribution is 1.47. The molecule has 16 heavy (non-hydrogen) atoms. The molecule has 0 aliphatic heterocycles. The number of hydrogen-bond acceptors (Lipinski definition) is 2. The van der Waals surface area contributed by atoms with E-state index in [-0.39, 0.29) is 0 Å². The number of nitrogen functional groups attached to an aromatic ring is 1. The van der Waals surface area contributed by atoms with E-state index < -0.39 is 0 Å². The minimum Gasteiger partial charge on any atom is -0.398 e. The normalized spacial score (nSPS) is 9.25. The molecule has 2 aromatic carbocycles. The maximum Gasteiger partial charge on any atom is 0.0462 e. The fourth-order valence-corrected chi connectivity index (χ4v) is 1.85. The van der Waals surface area contributed by atoms with Crippen LogP contribution in [0.4, 0.5) is 5.69 Å². The third kappa shape index (κ3) is 2.82. The summed E-state index contributed by atoms with van der Waals surface area (Å²) in [4.78, 5) is 1.01. The third-order valence-electron chi connectivity index (χ3n) is 2.05. The Hall–Kier alpha value is -1.85. The van der Waals surface area contributed by atoms with Crippen LogP contribution in [0.5, 0.6) is 0 Å². The van der Waals surface area contributed by atoms with Crippen molar-refractivity contribution >= 4 is 17.4 Å². The third-order valence-corrected chi connectivity index (χ3v) is 2.84. The van der Waals surface area contributed by atoms with Crippen molar-refractivity contribution < 1.29 is 0 Å². The number of benzene rings is 2. The van der Waals surface area contributed by atoms with Gasteiger partial charge in [-0.25, -0.2) is 0 Å². The molecule has 0 bridgehead atoms. The van der Waals surface area contributed by atoms with Crippen molar-refractivity contribution in [3.8, 4) is 11.2 Å². The van der Waals surface area contributed by atoms with E-state index in [4.69, 9.17) is 5.73 Å². The Balaban J connectivity index is 2.09. The Morgan fingerprint density at radius 3 is 2.31 bits per heavy atom. The number of anilines is 1. The molecule has 0 aliphatic carbocycles. The van der Waals surface area contributed by atoms with Gasteiger partial charge in [0.2, 0.25) is 0 Å². The largest absolute Gasteiger partial charge is 0.398 e. The lowest BCUT2D eigenvalue weighted by Crippen LogP contribution is -1.85. The molecule has 0 aliphatic rings. The lowest BCUT2D eigenvalue weighted by atomic mass is 10.2. The highest BCUT2D eigenvalue weighted by atomic mass is 32.2. The minimum atomic E-state index is 0.773. The Morgan fingerprint density at radius 1 is 0.875 bits per heavy atom. The van der Waals surface area contributed by atoms with Gasteiger partial charge in [-0.15, -0.1) is 0 Å². The molecule has 0 radical (unpaired) electrons. The van der Waals surface area contributed by atoms with Crippen molar-refractivity contribution in [3.63, 3.8) is 0 Å². The summed E-state index contributed by atoms with van der Waals surface area (Å²) in [5.41, 5.74) is 7.60. The molecule has 2 aromatic rings. The van der Waals surface area contributed by atoms with E-state index in [1.54, 1.807) is 0 Å². The summed E-state index contributed by atoms with van der Waals surface area (Å²) in [7, 11) is 0. The van der Waals surface area contributed by atoms with Crippen molar-refractivity contribution in [2.24, 2.45) is 0 Å². The Labute approximate surface area is 99.7 Å². The molecule has 0 unspecified atom stereocenters. The zero-order valence-electron chi connectivity index (χ0n) is 8.68. The van der Waals surface area contributed by atoms with Gasteiger partial charge in [0.15, 0.2) is 0 Å². The molecule has 0 spiro atoms. The Bertz CT molecular complexity index is 523. The molecule has 0 fully saturated rings. The zero-order valence-corrected chi connectivity index (χ0v) is 9.50. The number of rotatable bonds is 1. The Morgan fingerprint density at radius 2 is 1.56 bits per heavy atom. The van der Waals surface area contributed by atoms with Gasteiger partial charge in [-0.2, -0.15) is 0 Å². The molecule has 1 nitrogen and oxygen atoms in total. The summed E-state index contributed by atoms with van der Waals surface area (Å²) >= 11 is 1.46. The van der Waals surface area contributed by atoms with Crippen molar-refractivity contribution in [1.29, 1.82) is 0 Å². The van der Waals surface area contributed by atoms with Crippen LogP contribution in [0.2, 0.25) is 0 Å². The molecular formula is C14H11NS. The molecule has 2 N–H and O–H groups in total. The maximum atomic E-state index is 5.81. The fourth-order valence-electron chi connectivity index (χ4n) is 1.23. The van der Waals surface area contributed by atoms with Gasteiger partial charge in [0, 0.05) is 16.1 Å². The van der Waals surface area contributed by atoms with Crippen molar-refractivity contribution in [2.75, 3.05) is 5.73 Å². The molecule has 2 rings (SSSR count). The van der Waals surface area contributed by atoms with E-state index in [1.165, 1.54) is 11.8 Å². The van der Waals surface area contributed by atoms with Crippen molar-refractivity contribution in [2.45, 2.75) is 4.90 Å². The second kappa shape index (κ2) is 5.29. The van der Waals surface area contributed by atoms with Gasteiger partial charge in [-0.1, -0.05) is 36.3 Å². The molecule has 0 atom stereocenters. The highest BCUT2D eigenvalue weighted by Gasteiger charge is 1.94. The molecule has 2 heteroatoms. The van der Waals surface area contributed by atoms with Gasteiger partial charge in [0.05, 0.1) is 0 Å². The lowest BCUT2D eigenvalue weighted by Gasteiger charge is -1.97. The maximum absolute atomic E-state index is 5.81. The summed E-state index contributed by atoms with van der Waals surface area (Å²) in [5.74, 6) is 3.08. The van der Waals surface area contributed by atoms with Crippen LogP contribution in [0, 0.1) is 11.2 Å². The topological polar surface area (TPSA) is 26.0 Å². The minimum absolute atomic E-state index is 0.773. The van der Waals surface area contributed by atoms with Gasteiger partial charge in [0.25, 0.3) is 0 Å². The summed E-state index contributed by atoms with van der Waals surface area (Å²) < 4.78 is 0. The van der Waals surface area contributed by atoms with Crippen LogP contribution in [-0.2, 0) is 0 Å². The first-order valence-electron chi connectivity index (χ1n) is 4.93. The second-order valence-electron chi connectivity index (χ2n) is 3.23. The average molecular weight is 225 g/mol. The van der Waals surface area contributed by atoms with Crippen LogP contribution < -0.4 is 5.73 Å². The van der Waals surface area contributed by atoms with Gasteiger partial charge in [-0.05, 0) is 41.3 Å². The first kappa shape index (κ1) is 10.7. The van der Waals surface area contributed by atoms with E-state index in [0.29, 0.717) is 0 Å². The van der Waals surface area contributed by atoms with Crippen molar-refractivity contribution in [1.82, 2.24) is 0 Å². The standard InChI is InChI=1S/C14H11NS/c15-13-8-4-5-9-14(13)16-11-10-12-6-2-1-3-7-12/h1-9H,15H2. The van der Waals surface area contributed by atoms with Crippen molar-refractivity contribution in [3.05, 3.63) is 60.2 Å². The fraction of sp³-hybridized carbons (Fsp3) is 0. The zero-order chi connectivity index (χ0) is 11.2. The summed E-state index contributed by atoms with van der Waals surface area (Å²) in [6, 6.07) is 17.6. The molecule has 0 saturated heterocycles. The molecule has 0 aromatic heterocycles. The SMILES string of the molecule is Nc1ccccc1SC#Cc1ccccc1. The van der Waals surface area contributed by atoms with E-state index in [2.05, 4.69) is 11.2 Å². The van der Waals surface area contributed by atoms with Crippen LogP contribution in [0.15, 0.2) is 59.5 Å².